The molecule has 1 aromatic rings. The van der Waals surface area contributed by atoms with Crippen LogP contribution in [0.5, 0.6) is 0 Å². The average Bonchev–Trinajstić information content (AvgIpc) is 1.72. The van der Waals surface area contributed by atoms with Crippen molar-refractivity contribution in [2.24, 2.45) is 0 Å². The van der Waals surface area contributed by atoms with E-state index in [4.69, 9.17) is 0 Å². The van der Waals surface area contributed by atoms with Gasteiger partial charge in [-0.15, -0.1) is 12.4 Å². The zero-order valence-electron chi connectivity index (χ0n) is 4.21. The first-order chi connectivity index (χ1) is 3.00. The molecule has 0 saturated carbocycles. The summed E-state index contributed by atoms with van der Waals surface area (Å²) >= 11 is 0. The van der Waals surface area contributed by atoms with Crippen LogP contribution in [0.3, 0.4) is 0 Å². The van der Waals surface area contributed by atoms with Gasteiger partial charge in [-0.3, -0.25) is 0 Å². The molecule has 0 aliphatic heterocycles. The van der Waals surface area contributed by atoms with Crippen LogP contribution in [0.4, 0.5) is 0 Å². The van der Waals surface area contributed by atoms with E-state index in [9.17, 15) is 0 Å². The van der Waals surface area contributed by atoms with Gasteiger partial charge in [-0.25, -0.2) is 0 Å². The van der Waals surface area contributed by atoms with Gasteiger partial charge in [-0.2, -0.15) is 0 Å². The molecule has 38 valence electrons. The van der Waals surface area contributed by atoms with Crippen molar-refractivity contribution in [1.82, 2.24) is 9.97 Å². The Balaban J connectivity index is 0. The number of hydrogen-bond donors (Lipinski definition) is 0. The number of aromatic nitrogens is 2. The number of rotatable bonds is 0. The van der Waals surface area contributed by atoms with Crippen LogP contribution in [0.25, 0.3) is 0 Å². The molecule has 0 unspecified atom stereocenters. The molecule has 0 aromatic carbocycles. The van der Waals surface area contributed by atoms with Crippen LogP contribution in [0.2, 0.25) is 0 Å². The summed E-state index contributed by atoms with van der Waals surface area (Å²) in [6, 6.07) is 0. The molecule has 1 heterocycles. The van der Waals surface area contributed by atoms with Crippen LogP contribution >= 0.6 is 0 Å². The molecule has 0 saturated heterocycles. The van der Waals surface area contributed by atoms with Gasteiger partial charge in [0, 0.05) is 0 Å². The first-order valence-corrected chi connectivity index (χ1v) is 1.62. The number of hydrogen-bond acceptors (Lipinski definition) is 2. The third-order valence-electron chi connectivity index (χ3n) is 0.434. The van der Waals surface area contributed by atoms with E-state index in [0.717, 1.165) is 0 Å². The summed E-state index contributed by atoms with van der Waals surface area (Å²) in [7, 11) is 0. The second-order valence-corrected chi connectivity index (χ2v) is 0.835. The monoisotopic (exact) mass is 138 g/mol. The summed E-state index contributed by atoms with van der Waals surface area (Å²) in [5, 5.41) is 0. The fourth-order valence-corrected chi connectivity index (χ4v) is 0.225. The van der Waals surface area contributed by atoms with Crippen LogP contribution in [-0.4, -0.2) is 33.0 Å². The first-order valence-electron chi connectivity index (χ1n) is 1.62. The molecule has 0 aliphatic carbocycles. The Labute approximate surface area is 70.3 Å². The second kappa shape index (κ2) is 7.14. The summed E-state index contributed by atoms with van der Waals surface area (Å²) in [5.74, 6) is 0. The Bertz CT molecular complexity index is 86.0. The van der Waals surface area contributed by atoms with Crippen LogP contribution in [0.15, 0.2) is 18.6 Å². The first kappa shape index (κ1) is 11.0. The number of nitrogens with zero attached hydrogens (tertiary/aromatic N) is 2. The third kappa shape index (κ3) is 4.30. The van der Waals surface area contributed by atoms with Crippen LogP contribution < -0.4 is 12.4 Å². The SMILES string of the molecule is [Cl-].[Mg+2].[c-]1cnccn1. The fraction of sp³-hybridized carbons (Fsp3) is 0. The normalized spacial score (nSPS) is 6.00. The molecular weight excluding hydrogens is 136 g/mol. The molecule has 1 aromatic heterocycles. The van der Waals surface area contributed by atoms with Crippen molar-refractivity contribution in [2.45, 2.75) is 0 Å². The Kier molecular flexibility index (Phi) is 9.82. The third-order valence-corrected chi connectivity index (χ3v) is 0.434. The summed E-state index contributed by atoms with van der Waals surface area (Å²) in [6.07, 6.45) is 7.24. The molecular formula is C4H3ClMgN2. The average molecular weight is 139 g/mol. The van der Waals surface area contributed by atoms with E-state index >= 15 is 0 Å². The van der Waals surface area contributed by atoms with Crippen molar-refractivity contribution in [1.29, 1.82) is 0 Å². The van der Waals surface area contributed by atoms with E-state index in [-0.39, 0.29) is 35.5 Å². The molecule has 0 spiro atoms. The molecule has 0 radical (unpaired) electrons. The minimum Gasteiger partial charge on any atom is -1.00 e. The van der Waals surface area contributed by atoms with Crippen molar-refractivity contribution in [3.8, 4) is 0 Å². The van der Waals surface area contributed by atoms with Gasteiger partial charge in [0.2, 0.25) is 0 Å². The summed E-state index contributed by atoms with van der Waals surface area (Å²) in [5.41, 5.74) is 0. The Morgan fingerprint density at radius 2 is 2.00 bits per heavy atom. The molecule has 2 nitrogen and oxygen atoms in total. The van der Waals surface area contributed by atoms with E-state index in [1.165, 1.54) is 6.20 Å². The molecule has 0 bridgehead atoms. The van der Waals surface area contributed by atoms with E-state index < -0.39 is 0 Å². The largest absolute Gasteiger partial charge is 2.00 e. The zero-order chi connectivity index (χ0) is 4.24. The maximum Gasteiger partial charge on any atom is 2.00 e. The Morgan fingerprint density at radius 1 is 1.25 bits per heavy atom. The zero-order valence-corrected chi connectivity index (χ0v) is 6.38. The topological polar surface area (TPSA) is 25.8 Å². The van der Waals surface area contributed by atoms with Gasteiger partial charge >= 0.3 is 23.1 Å². The van der Waals surface area contributed by atoms with Crippen molar-refractivity contribution in [2.75, 3.05) is 0 Å². The fourth-order valence-electron chi connectivity index (χ4n) is 0.225. The van der Waals surface area contributed by atoms with E-state index in [1.807, 2.05) is 0 Å². The van der Waals surface area contributed by atoms with Crippen LogP contribution in [-0.2, 0) is 0 Å². The van der Waals surface area contributed by atoms with Gasteiger partial charge in [0.15, 0.2) is 0 Å². The molecule has 0 fully saturated rings. The minimum absolute atomic E-state index is 0. The maximum atomic E-state index is 3.67. The predicted octanol–water partition coefficient (Wildman–Crippen LogP) is -3.10. The summed E-state index contributed by atoms with van der Waals surface area (Å²) < 4.78 is 0. The van der Waals surface area contributed by atoms with Crippen molar-refractivity contribution < 1.29 is 12.4 Å². The van der Waals surface area contributed by atoms with E-state index in [0.29, 0.717) is 0 Å². The Morgan fingerprint density at radius 3 is 2.12 bits per heavy atom. The molecule has 0 amide bonds. The predicted molar refractivity (Wildman–Crippen MR) is 26.6 cm³/mol. The van der Waals surface area contributed by atoms with Gasteiger partial charge in [-0.05, 0) is 12.4 Å². The van der Waals surface area contributed by atoms with Crippen LogP contribution in [0, 0.1) is 6.20 Å². The van der Waals surface area contributed by atoms with Gasteiger partial charge in [-0.1, -0.05) is 0 Å². The maximum absolute atomic E-state index is 3.67. The second-order valence-electron chi connectivity index (χ2n) is 0.835. The minimum atomic E-state index is 0. The van der Waals surface area contributed by atoms with Gasteiger partial charge < -0.3 is 22.4 Å². The van der Waals surface area contributed by atoms with Crippen LogP contribution in [0.1, 0.15) is 0 Å². The van der Waals surface area contributed by atoms with Gasteiger partial charge in [0.1, 0.15) is 0 Å². The summed E-state index contributed by atoms with van der Waals surface area (Å²) in [4.78, 5) is 7.26. The van der Waals surface area contributed by atoms with E-state index in [1.54, 1.807) is 12.4 Å². The molecule has 8 heavy (non-hydrogen) atoms. The van der Waals surface area contributed by atoms with Crippen molar-refractivity contribution >= 4 is 23.1 Å². The van der Waals surface area contributed by atoms with Gasteiger partial charge in [0.05, 0.1) is 0 Å². The smallest absolute Gasteiger partial charge is 1.00 e. The molecule has 0 N–H and O–H groups in total. The van der Waals surface area contributed by atoms with Crippen molar-refractivity contribution in [3.63, 3.8) is 0 Å². The molecule has 4 heteroatoms. The Hall–Kier alpha value is 0.136. The van der Waals surface area contributed by atoms with Gasteiger partial charge in [0.25, 0.3) is 0 Å². The standard InChI is InChI=1S/C4H3N2.ClH.Mg/c1-2-6-4-3-5-1;;/h1-3H;1H;/q-1;;+2/p-1. The van der Waals surface area contributed by atoms with Crippen molar-refractivity contribution in [3.05, 3.63) is 24.8 Å². The summed E-state index contributed by atoms with van der Waals surface area (Å²) in [6.45, 7) is 0. The quantitative estimate of drug-likeness (QED) is 0.281. The molecule has 1 rings (SSSR count). The number of halogens is 1. The molecule has 0 atom stereocenters. The molecule has 0 aliphatic rings. The van der Waals surface area contributed by atoms with E-state index in [2.05, 4.69) is 16.2 Å².